The Morgan fingerprint density at radius 1 is 1.48 bits per heavy atom. The summed E-state index contributed by atoms with van der Waals surface area (Å²) < 4.78 is 0.972. The Morgan fingerprint density at radius 3 is 3.05 bits per heavy atom. The van der Waals surface area contributed by atoms with Crippen molar-refractivity contribution in [3.8, 4) is 0 Å². The third-order valence-electron chi connectivity index (χ3n) is 3.70. The molecule has 3 rings (SSSR count). The standard InChI is InChI=1S/C14H15BrN2O2S2/c1-20-5-4-10-13(18)17(14(19)16-10)11-7-21-12-3-2-8(15)6-9(11)12/h2-3,6,10-11H,4-5,7H2,1H3,(H,16,19). The smallest absolute Gasteiger partial charge is 0.325 e. The van der Waals surface area contributed by atoms with E-state index in [1.807, 2.05) is 24.5 Å². The second-order valence-corrected chi connectivity index (χ2v) is 7.96. The SMILES string of the molecule is CSCCC1NC(=O)N(C2CSc3ccc(Br)cc32)C1=O. The van der Waals surface area contributed by atoms with Gasteiger partial charge in [0.1, 0.15) is 6.04 Å². The average Bonchev–Trinajstić information content (AvgIpc) is 2.97. The van der Waals surface area contributed by atoms with Crippen LogP contribution >= 0.6 is 39.5 Å². The molecular formula is C14H15BrN2O2S2. The number of fused-ring (bicyclic) bond motifs is 1. The van der Waals surface area contributed by atoms with E-state index in [0.717, 1.165) is 26.4 Å². The van der Waals surface area contributed by atoms with Crippen molar-refractivity contribution in [3.05, 3.63) is 28.2 Å². The number of urea groups is 1. The minimum absolute atomic E-state index is 0.0903. The van der Waals surface area contributed by atoms with Crippen molar-refractivity contribution >= 4 is 51.4 Å². The first-order valence-corrected chi connectivity index (χ1v) is 9.84. The molecule has 2 unspecified atom stereocenters. The van der Waals surface area contributed by atoms with Crippen LogP contribution in [0, 0.1) is 0 Å². The molecular weight excluding hydrogens is 372 g/mol. The molecule has 4 nitrogen and oxygen atoms in total. The predicted octanol–water partition coefficient (Wildman–Crippen LogP) is 3.27. The van der Waals surface area contributed by atoms with Gasteiger partial charge in [0.2, 0.25) is 0 Å². The van der Waals surface area contributed by atoms with E-state index in [2.05, 4.69) is 21.2 Å². The second kappa shape index (κ2) is 6.22. The van der Waals surface area contributed by atoms with E-state index in [0.29, 0.717) is 6.42 Å². The lowest BCUT2D eigenvalue weighted by Gasteiger charge is -2.21. The third kappa shape index (κ3) is 2.83. The Morgan fingerprint density at radius 2 is 2.29 bits per heavy atom. The molecule has 0 saturated carbocycles. The van der Waals surface area contributed by atoms with Crippen LogP contribution in [0.15, 0.2) is 27.6 Å². The lowest BCUT2D eigenvalue weighted by atomic mass is 10.1. The van der Waals surface area contributed by atoms with Crippen LogP contribution in [0.1, 0.15) is 18.0 Å². The number of hydrogen-bond acceptors (Lipinski definition) is 4. The maximum atomic E-state index is 12.5. The number of rotatable bonds is 4. The van der Waals surface area contributed by atoms with Crippen LogP contribution < -0.4 is 5.32 Å². The molecule has 2 atom stereocenters. The number of nitrogens with zero attached hydrogens (tertiary/aromatic N) is 1. The number of hydrogen-bond donors (Lipinski definition) is 1. The maximum Gasteiger partial charge on any atom is 0.325 e. The number of imide groups is 1. The van der Waals surface area contributed by atoms with Gasteiger partial charge in [-0.2, -0.15) is 11.8 Å². The molecule has 1 aromatic carbocycles. The second-order valence-electron chi connectivity index (χ2n) is 5.00. The minimum Gasteiger partial charge on any atom is -0.326 e. The molecule has 0 aliphatic carbocycles. The topological polar surface area (TPSA) is 49.4 Å². The fourth-order valence-electron chi connectivity index (χ4n) is 2.66. The zero-order valence-electron chi connectivity index (χ0n) is 11.5. The van der Waals surface area contributed by atoms with Crippen molar-refractivity contribution in [1.82, 2.24) is 10.2 Å². The normalized spacial score (nSPS) is 24.4. The number of thioether (sulfide) groups is 2. The molecule has 2 aliphatic heterocycles. The monoisotopic (exact) mass is 386 g/mol. The van der Waals surface area contributed by atoms with Crippen molar-refractivity contribution in [3.63, 3.8) is 0 Å². The summed E-state index contributed by atoms with van der Waals surface area (Å²) in [5.74, 6) is 1.51. The van der Waals surface area contributed by atoms with E-state index in [-0.39, 0.29) is 24.0 Å². The maximum absolute atomic E-state index is 12.5. The molecule has 0 radical (unpaired) electrons. The van der Waals surface area contributed by atoms with E-state index in [1.165, 1.54) is 4.90 Å². The molecule has 21 heavy (non-hydrogen) atoms. The molecule has 2 heterocycles. The van der Waals surface area contributed by atoms with Gasteiger partial charge in [-0.25, -0.2) is 4.79 Å². The molecule has 3 amide bonds. The Balaban J connectivity index is 1.84. The number of nitrogens with one attached hydrogen (secondary N) is 1. The Bertz CT molecular complexity index is 596. The lowest BCUT2D eigenvalue weighted by Crippen LogP contribution is -2.35. The fraction of sp³-hybridized carbons (Fsp3) is 0.429. The van der Waals surface area contributed by atoms with Crippen molar-refractivity contribution in [2.24, 2.45) is 0 Å². The van der Waals surface area contributed by atoms with Gasteiger partial charge >= 0.3 is 6.03 Å². The highest BCUT2D eigenvalue weighted by Gasteiger charge is 2.44. The van der Waals surface area contributed by atoms with Crippen LogP contribution in [0.5, 0.6) is 0 Å². The molecule has 0 spiro atoms. The van der Waals surface area contributed by atoms with E-state index >= 15 is 0 Å². The molecule has 1 aromatic rings. The molecule has 0 bridgehead atoms. The zero-order valence-corrected chi connectivity index (χ0v) is 14.7. The predicted molar refractivity (Wildman–Crippen MR) is 89.8 cm³/mol. The van der Waals surface area contributed by atoms with Crippen LogP contribution in [-0.4, -0.2) is 40.6 Å². The lowest BCUT2D eigenvalue weighted by molar-refractivity contribution is -0.128. The summed E-state index contributed by atoms with van der Waals surface area (Å²) in [5.41, 5.74) is 1.06. The molecule has 2 aliphatic rings. The molecule has 112 valence electrons. The Labute approximate surface area is 140 Å². The molecule has 1 N–H and O–H groups in total. The minimum atomic E-state index is -0.369. The molecule has 0 aromatic heterocycles. The number of carbonyl (C=O) groups is 2. The number of halogens is 1. The van der Waals surface area contributed by atoms with Crippen LogP contribution in [0.2, 0.25) is 0 Å². The largest absolute Gasteiger partial charge is 0.326 e. The third-order valence-corrected chi connectivity index (χ3v) is 6.00. The van der Waals surface area contributed by atoms with Gasteiger partial charge in [0.25, 0.3) is 5.91 Å². The average molecular weight is 387 g/mol. The summed E-state index contributed by atoms with van der Waals surface area (Å²) in [6, 6.07) is 5.25. The van der Waals surface area contributed by atoms with E-state index in [9.17, 15) is 9.59 Å². The van der Waals surface area contributed by atoms with Gasteiger partial charge in [0.15, 0.2) is 0 Å². The van der Waals surface area contributed by atoms with E-state index < -0.39 is 0 Å². The van der Waals surface area contributed by atoms with Crippen molar-refractivity contribution in [2.75, 3.05) is 17.8 Å². The first-order valence-electron chi connectivity index (χ1n) is 6.66. The first-order chi connectivity index (χ1) is 10.1. The van der Waals surface area contributed by atoms with Crippen LogP contribution in [0.25, 0.3) is 0 Å². The van der Waals surface area contributed by atoms with Gasteiger partial charge in [-0.1, -0.05) is 15.9 Å². The van der Waals surface area contributed by atoms with Gasteiger partial charge in [0, 0.05) is 15.1 Å². The van der Waals surface area contributed by atoms with Crippen molar-refractivity contribution in [2.45, 2.75) is 23.4 Å². The van der Waals surface area contributed by atoms with Crippen LogP contribution in [-0.2, 0) is 4.79 Å². The van der Waals surface area contributed by atoms with Gasteiger partial charge in [-0.3, -0.25) is 9.69 Å². The first kappa shape index (κ1) is 15.2. The summed E-state index contributed by atoms with van der Waals surface area (Å²) in [6.07, 6.45) is 2.69. The summed E-state index contributed by atoms with van der Waals surface area (Å²) in [6.45, 7) is 0. The summed E-state index contributed by atoms with van der Waals surface area (Å²) in [7, 11) is 0. The highest BCUT2D eigenvalue weighted by Crippen LogP contribution is 2.43. The van der Waals surface area contributed by atoms with Gasteiger partial charge in [-0.15, -0.1) is 11.8 Å². The molecule has 1 saturated heterocycles. The van der Waals surface area contributed by atoms with Crippen LogP contribution in [0.3, 0.4) is 0 Å². The van der Waals surface area contributed by atoms with Gasteiger partial charge in [-0.05, 0) is 42.2 Å². The fourth-order valence-corrected chi connectivity index (χ4v) is 4.70. The summed E-state index contributed by atoms with van der Waals surface area (Å²) in [5, 5.41) is 2.81. The summed E-state index contributed by atoms with van der Waals surface area (Å²) in [4.78, 5) is 27.3. The van der Waals surface area contributed by atoms with Crippen molar-refractivity contribution in [1.29, 1.82) is 0 Å². The van der Waals surface area contributed by atoms with Gasteiger partial charge < -0.3 is 5.32 Å². The zero-order chi connectivity index (χ0) is 15.0. The quantitative estimate of drug-likeness (QED) is 0.806. The summed E-state index contributed by atoms with van der Waals surface area (Å²) >= 11 is 6.84. The Kier molecular flexibility index (Phi) is 4.51. The van der Waals surface area contributed by atoms with Crippen LogP contribution in [0.4, 0.5) is 4.79 Å². The number of benzene rings is 1. The Hall–Kier alpha value is -0.660. The van der Waals surface area contributed by atoms with E-state index in [1.54, 1.807) is 23.5 Å². The van der Waals surface area contributed by atoms with Gasteiger partial charge in [0.05, 0.1) is 6.04 Å². The molecule has 7 heteroatoms. The van der Waals surface area contributed by atoms with Crippen molar-refractivity contribution < 1.29 is 9.59 Å². The highest BCUT2D eigenvalue weighted by atomic mass is 79.9. The molecule has 1 fully saturated rings. The number of amides is 3. The van der Waals surface area contributed by atoms with E-state index in [4.69, 9.17) is 0 Å². The number of carbonyl (C=O) groups excluding carboxylic acids is 2. The highest BCUT2D eigenvalue weighted by molar-refractivity contribution is 9.10.